The molecule has 0 saturated heterocycles. The zero-order valence-electron chi connectivity index (χ0n) is 10.1. The summed E-state index contributed by atoms with van der Waals surface area (Å²) in [6.45, 7) is 8.42. The Bertz CT molecular complexity index is 337. The van der Waals surface area contributed by atoms with Crippen LogP contribution in [0.5, 0.6) is 0 Å². The van der Waals surface area contributed by atoms with Gasteiger partial charge < -0.3 is 5.32 Å². The Morgan fingerprint density at radius 3 is 2.47 bits per heavy atom. The van der Waals surface area contributed by atoms with Crippen LogP contribution in [0.15, 0.2) is 5.16 Å². The molecule has 0 atom stereocenters. The number of rotatable bonds is 4. The van der Waals surface area contributed by atoms with Crippen LogP contribution >= 0.6 is 11.8 Å². The highest BCUT2D eigenvalue weighted by Gasteiger charge is 2.10. The van der Waals surface area contributed by atoms with Crippen molar-refractivity contribution in [2.45, 2.75) is 45.3 Å². The van der Waals surface area contributed by atoms with Gasteiger partial charge >= 0.3 is 0 Å². The molecule has 1 heterocycles. The minimum Gasteiger partial charge on any atom is -0.368 e. The van der Waals surface area contributed by atoms with Crippen LogP contribution < -0.4 is 5.32 Å². The van der Waals surface area contributed by atoms with Crippen molar-refractivity contribution in [1.29, 1.82) is 0 Å². The first-order valence-corrected chi connectivity index (χ1v) is 6.49. The van der Waals surface area contributed by atoms with Gasteiger partial charge in [-0.05, 0) is 33.4 Å². The van der Waals surface area contributed by atoms with E-state index in [9.17, 15) is 0 Å². The van der Waals surface area contributed by atoms with Crippen molar-refractivity contribution in [2.24, 2.45) is 0 Å². The second-order valence-electron chi connectivity index (χ2n) is 3.78. The first kappa shape index (κ1) is 12.3. The monoisotopic (exact) mass is 225 g/mol. The molecule has 1 rings (SSSR count). The molecule has 0 fully saturated rings. The van der Waals surface area contributed by atoms with Crippen LogP contribution in [0.1, 0.15) is 32.0 Å². The van der Waals surface area contributed by atoms with Crippen molar-refractivity contribution in [2.75, 3.05) is 11.6 Å². The lowest BCUT2D eigenvalue weighted by Crippen LogP contribution is -2.14. The summed E-state index contributed by atoms with van der Waals surface area (Å²) < 4.78 is 0. The first-order valence-electron chi connectivity index (χ1n) is 5.26. The maximum absolute atomic E-state index is 4.50. The number of hydrogen-bond donors (Lipinski definition) is 1. The van der Waals surface area contributed by atoms with E-state index in [-0.39, 0.29) is 0 Å². The molecule has 0 aliphatic rings. The highest BCUT2D eigenvalue weighted by molar-refractivity contribution is 7.98. The zero-order chi connectivity index (χ0) is 11.4. The molecule has 3 nitrogen and oxygen atoms in total. The second-order valence-corrected chi connectivity index (χ2v) is 4.55. The zero-order valence-corrected chi connectivity index (χ0v) is 10.9. The van der Waals surface area contributed by atoms with Crippen molar-refractivity contribution in [1.82, 2.24) is 9.97 Å². The third kappa shape index (κ3) is 3.09. The molecule has 0 amide bonds. The molecular weight excluding hydrogens is 206 g/mol. The minimum atomic E-state index is 0.402. The van der Waals surface area contributed by atoms with E-state index in [0.29, 0.717) is 6.04 Å². The van der Waals surface area contributed by atoms with Crippen LogP contribution in [0.2, 0.25) is 0 Å². The first-order chi connectivity index (χ1) is 7.08. The molecule has 0 radical (unpaired) electrons. The van der Waals surface area contributed by atoms with Gasteiger partial charge in [0.2, 0.25) is 0 Å². The molecule has 4 heteroatoms. The molecule has 1 N–H and O–H groups in total. The Kier molecular flexibility index (Phi) is 4.39. The summed E-state index contributed by atoms with van der Waals surface area (Å²) >= 11 is 1.58. The Morgan fingerprint density at radius 2 is 2.00 bits per heavy atom. The average Bonchev–Trinajstić information content (AvgIpc) is 2.16. The SMILES string of the molecule is CCc1c(C)nc(SC)nc1NC(C)C. The van der Waals surface area contributed by atoms with E-state index < -0.39 is 0 Å². The lowest BCUT2D eigenvalue weighted by molar-refractivity contribution is 0.838. The summed E-state index contributed by atoms with van der Waals surface area (Å²) in [5.74, 6) is 0.990. The summed E-state index contributed by atoms with van der Waals surface area (Å²) in [5.41, 5.74) is 2.31. The Balaban J connectivity index is 3.13. The summed E-state index contributed by atoms with van der Waals surface area (Å²) in [4.78, 5) is 8.95. The van der Waals surface area contributed by atoms with E-state index in [1.807, 2.05) is 13.2 Å². The third-order valence-electron chi connectivity index (χ3n) is 2.15. The standard InChI is InChI=1S/C11H19N3S/c1-6-9-8(4)13-11(15-5)14-10(9)12-7(2)3/h7H,6H2,1-5H3,(H,12,13,14). The molecule has 0 aliphatic heterocycles. The second kappa shape index (κ2) is 5.35. The fourth-order valence-electron chi connectivity index (χ4n) is 1.48. The maximum atomic E-state index is 4.50. The predicted molar refractivity (Wildman–Crippen MR) is 66.7 cm³/mol. The van der Waals surface area contributed by atoms with Crippen LogP contribution in [0, 0.1) is 6.92 Å². The fraction of sp³-hybridized carbons (Fsp3) is 0.636. The van der Waals surface area contributed by atoms with Crippen molar-refractivity contribution in [3.63, 3.8) is 0 Å². The van der Waals surface area contributed by atoms with Gasteiger partial charge in [-0.3, -0.25) is 0 Å². The average molecular weight is 225 g/mol. The smallest absolute Gasteiger partial charge is 0.189 e. The van der Waals surface area contributed by atoms with Gasteiger partial charge in [-0.15, -0.1) is 0 Å². The lowest BCUT2D eigenvalue weighted by atomic mass is 10.1. The van der Waals surface area contributed by atoms with E-state index >= 15 is 0 Å². The fourth-order valence-corrected chi connectivity index (χ4v) is 1.89. The van der Waals surface area contributed by atoms with Gasteiger partial charge in [0.25, 0.3) is 0 Å². The number of aryl methyl sites for hydroxylation is 1. The van der Waals surface area contributed by atoms with Crippen LogP contribution in [0.3, 0.4) is 0 Å². The highest BCUT2D eigenvalue weighted by atomic mass is 32.2. The van der Waals surface area contributed by atoms with E-state index in [0.717, 1.165) is 23.1 Å². The summed E-state index contributed by atoms with van der Waals surface area (Å²) in [7, 11) is 0. The summed E-state index contributed by atoms with van der Waals surface area (Å²) in [6, 6.07) is 0.402. The largest absolute Gasteiger partial charge is 0.368 e. The van der Waals surface area contributed by atoms with Gasteiger partial charge in [0.1, 0.15) is 5.82 Å². The van der Waals surface area contributed by atoms with Gasteiger partial charge in [-0.25, -0.2) is 9.97 Å². The normalized spacial score (nSPS) is 10.8. The minimum absolute atomic E-state index is 0.402. The van der Waals surface area contributed by atoms with E-state index in [4.69, 9.17) is 0 Å². The molecule has 15 heavy (non-hydrogen) atoms. The van der Waals surface area contributed by atoms with Gasteiger partial charge in [0.15, 0.2) is 5.16 Å². The quantitative estimate of drug-likeness (QED) is 0.631. The number of anilines is 1. The molecule has 0 saturated carbocycles. The number of nitrogens with zero attached hydrogens (tertiary/aromatic N) is 2. The Morgan fingerprint density at radius 1 is 1.33 bits per heavy atom. The van der Waals surface area contributed by atoms with Gasteiger partial charge in [0, 0.05) is 17.3 Å². The van der Waals surface area contributed by atoms with Crippen molar-refractivity contribution >= 4 is 17.6 Å². The topological polar surface area (TPSA) is 37.8 Å². The number of thioether (sulfide) groups is 1. The lowest BCUT2D eigenvalue weighted by Gasteiger charge is -2.15. The third-order valence-corrected chi connectivity index (χ3v) is 2.70. The molecule has 0 spiro atoms. The number of nitrogens with one attached hydrogen (secondary N) is 1. The van der Waals surface area contributed by atoms with Crippen LogP contribution in [-0.4, -0.2) is 22.3 Å². The molecule has 1 aromatic heterocycles. The van der Waals surface area contributed by atoms with Crippen LogP contribution in [0.25, 0.3) is 0 Å². The number of hydrogen-bond acceptors (Lipinski definition) is 4. The molecule has 84 valence electrons. The van der Waals surface area contributed by atoms with Crippen molar-refractivity contribution < 1.29 is 0 Å². The molecule has 0 bridgehead atoms. The predicted octanol–water partition coefficient (Wildman–Crippen LogP) is 2.89. The molecule has 0 unspecified atom stereocenters. The number of aromatic nitrogens is 2. The van der Waals surface area contributed by atoms with Gasteiger partial charge in [0.05, 0.1) is 0 Å². The van der Waals surface area contributed by atoms with Gasteiger partial charge in [-0.1, -0.05) is 18.7 Å². The summed E-state index contributed by atoms with van der Waals surface area (Å²) in [6.07, 6.45) is 2.97. The Hall–Kier alpha value is -0.770. The molecule has 0 aromatic carbocycles. The van der Waals surface area contributed by atoms with E-state index in [2.05, 4.69) is 36.1 Å². The van der Waals surface area contributed by atoms with Crippen molar-refractivity contribution in [3.8, 4) is 0 Å². The van der Waals surface area contributed by atoms with E-state index in [1.165, 1.54) is 5.56 Å². The molecule has 1 aromatic rings. The molecule has 0 aliphatic carbocycles. The Labute approximate surface area is 96.1 Å². The van der Waals surface area contributed by atoms with Gasteiger partial charge in [-0.2, -0.15) is 0 Å². The van der Waals surface area contributed by atoms with Crippen LogP contribution in [0.4, 0.5) is 5.82 Å². The highest BCUT2D eigenvalue weighted by Crippen LogP contribution is 2.21. The van der Waals surface area contributed by atoms with Crippen LogP contribution in [-0.2, 0) is 6.42 Å². The van der Waals surface area contributed by atoms with Crippen molar-refractivity contribution in [3.05, 3.63) is 11.3 Å². The van der Waals surface area contributed by atoms with E-state index in [1.54, 1.807) is 11.8 Å². The maximum Gasteiger partial charge on any atom is 0.189 e. The molecular formula is C11H19N3S. The summed E-state index contributed by atoms with van der Waals surface area (Å²) in [5, 5.41) is 4.22.